The number of para-hydroxylation sites is 1. The van der Waals surface area contributed by atoms with E-state index in [1.807, 2.05) is 37.3 Å². The fraction of sp³-hybridized carbons (Fsp3) is 0.0526. The number of amides is 1. The lowest BCUT2D eigenvalue weighted by molar-refractivity contribution is 0.102. The van der Waals surface area contributed by atoms with Crippen LogP contribution >= 0.6 is 22.9 Å². The fourth-order valence-corrected chi connectivity index (χ4v) is 3.68. The van der Waals surface area contributed by atoms with E-state index in [9.17, 15) is 4.79 Å². The van der Waals surface area contributed by atoms with Crippen molar-refractivity contribution in [3.63, 3.8) is 0 Å². The average molecular weight is 381 g/mol. The van der Waals surface area contributed by atoms with Crippen molar-refractivity contribution >= 4 is 44.7 Å². The number of benzene rings is 2. The van der Waals surface area contributed by atoms with Gasteiger partial charge in [0.2, 0.25) is 0 Å². The Balaban J connectivity index is 1.73. The predicted molar refractivity (Wildman–Crippen MR) is 105 cm³/mol. The van der Waals surface area contributed by atoms with Crippen LogP contribution in [0.2, 0.25) is 5.02 Å². The first-order chi connectivity index (χ1) is 12.6. The molecule has 2 aromatic heterocycles. The van der Waals surface area contributed by atoms with E-state index in [1.54, 1.807) is 18.3 Å². The highest BCUT2D eigenvalue weighted by atomic mass is 35.5. The van der Waals surface area contributed by atoms with E-state index in [4.69, 9.17) is 11.6 Å². The van der Waals surface area contributed by atoms with E-state index in [1.165, 1.54) is 17.5 Å². The maximum atomic E-state index is 12.8. The van der Waals surface area contributed by atoms with Crippen LogP contribution in [0.5, 0.6) is 0 Å². The van der Waals surface area contributed by atoms with Gasteiger partial charge in [0.15, 0.2) is 5.69 Å². The highest BCUT2D eigenvalue weighted by Gasteiger charge is 2.19. The zero-order chi connectivity index (χ0) is 18.1. The van der Waals surface area contributed by atoms with Gasteiger partial charge in [-0.1, -0.05) is 29.8 Å². The maximum Gasteiger partial charge on any atom is 0.276 e. The molecular formula is C19H13ClN4OS. The molecule has 1 amide bonds. The van der Waals surface area contributed by atoms with E-state index in [2.05, 4.69) is 20.3 Å². The van der Waals surface area contributed by atoms with Crippen molar-refractivity contribution in [3.05, 3.63) is 71.1 Å². The molecule has 4 rings (SSSR count). The number of hydrogen-bond donors (Lipinski definition) is 1. The summed E-state index contributed by atoms with van der Waals surface area (Å²) in [7, 11) is 0. The summed E-state index contributed by atoms with van der Waals surface area (Å²) in [6, 6.07) is 13.1. The summed E-state index contributed by atoms with van der Waals surface area (Å²) in [5.41, 5.74) is 3.11. The molecule has 0 radical (unpaired) electrons. The van der Waals surface area contributed by atoms with Crippen LogP contribution in [0.4, 0.5) is 5.69 Å². The average Bonchev–Trinajstić information content (AvgIpc) is 3.09. The van der Waals surface area contributed by atoms with Gasteiger partial charge in [-0.25, -0.2) is 15.0 Å². The van der Waals surface area contributed by atoms with Crippen molar-refractivity contribution in [2.24, 2.45) is 0 Å². The van der Waals surface area contributed by atoms with Crippen LogP contribution in [0.1, 0.15) is 16.1 Å². The fourth-order valence-electron chi connectivity index (χ4n) is 2.54. The minimum atomic E-state index is -0.349. The minimum Gasteiger partial charge on any atom is -0.320 e. The van der Waals surface area contributed by atoms with Crippen LogP contribution in [-0.2, 0) is 0 Å². The largest absolute Gasteiger partial charge is 0.320 e. The molecule has 0 aliphatic heterocycles. The van der Waals surface area contributed by atoms with Crippen molar-refractivity contribution in [1.82, 2.24) is 15.0 Å². The molecule has 0 saturated heterocycles. The molecule has 2 aromatic carbocycles. The molecule has 4 aromatic rings. The van der Waals surface area contributed by atoms with Gasteiger partial charge in [-0.2, -0.15) is 0 Å². The molecule has 0 unspecified atom stereocenters. The van der Waals surface area contributed by atoms with Gasteiger partial charge < -0.3 is 5.32 Å². The Morgan fingerprint density at radius 1 is 1.12 bits per heavy atom. The molecule has 0 saturated carbocycles. The number of halogens is 1. The molecule has 128 valence electrons. The van der Waals surface area contributed by atoms with E-state index < -0.39 is 0 Å². The number of carbonyl (C=O) groups excluding carboxylic acids is 1. The van der Waals surface area contributed by atoms with Crippen LogP contribution in [0.3, 0.4) is 0 Å². The third kappa shape index (κ3) is 3.16. The normalized spacial score (nSPS) is 10.8. The number of rotatable bonds is 3. The van der Waals surface area contributed by atoms with E-state index >= 15 is 0 Å². The van der Waals surface area contributed by atoms with Crippen LogP contribution in [0.25, 0.3) is 20.9 Å². The topological polar surface area (TPSA) is 67.8 Å². The maximum absolute atomic E-state index is 12.8. The molecule has 0 aliphatic rings. The Bertz CT molecular complexity index is 1090. The lowest BCUT2D eigenvalue weighted by Crippen LogP contribution is -2.16. The summed E-state index contributed by atoms with van der Waals surface area (Å²) >= 11 is 7.51. The Labute approximate surface area is 158 Å². The van der Waals surface area contributed by atoms with Crippen LogP contribution in [0.15, 0.2) is 54.9 Å². The zero-order valence-corrected chi connectivity index (χ0v) is 15.3. The molecule has 0 fully saturated rings. The lowest BCUT2D eigenvalue weighted by atomic mass is 10.2. The van der Waals surface area contributed by atoms with Gasteiger partial charge in [0.25, 0.3) is 5.91 Å². The number of nitrogens with zero attached hydrogens (tertiary/aromatic N) is 3. The summed E-state index contributed by atoms with van der Waals surface area (Å²) in [5.74, 6) is -0.349. The van der Waals surface area contributed by atoms with E-state index in [0.717, 1.165) is 15.8 Å². The smallest absolute Gasteiger partial charge is 0.276 e. The SMILES string of the molecule is Cc1ccc(Cl)cc1NC(=O)c1nccnc1-c1nc2ccccc2s1. The lowest BCUT2D eigenvalue weighted by Gasteiger charge is -2.09. The predicted octanol–water partition coefficient (Wildman–Crippen LogP) is 4.97. The van der Waals surface area contributed by atoms with Crippen molar-refractivity contribution in [3.8, 4) is 10.7 Å². The van der Waals surface area contributed by atoms with Gasteiger partial charge in [0.1, 0.15) is 10.7 Å². The van der Waals surface area contributed by atoms with Gasteiger partial charge >= 0.3 is 0 Å². The van der Waals surface area contributed by atoms with E-state index in [-0.39, 0.29) is 11.6 Å². The molecule has 7 heteroatoms. The summed E-state index contributed by atoms with van der Waals surface area (Å²) in [5, 5.41) is 4.07. The van der Waals surface area contributed by atoms with Gasteiger partial charge in [-0.05, 0) is 36.8 Å². The number of fused-ring (bicyclic) bond motifs is 1. The number of anilines is 1. The standard InChI is InChI=1S/C19H13ClN4OS/c1-11-6-7-12(20)10-14(11)23-18(25)16-17(22-9-8-21-16)19-24-13-4-2-3-5-15(13)26-19/h2-10H,1H3,(H,23,25). The van der Waals surface area contributed by atoms with Crippen molar-refractivity contribution in [1.29, 1.82) is 0 Å². The molecule has 5 nitrogen and oxygen atoms in total. The minimum absolute atomic E-state index is 0.228. The number of aryl methyl sites for hydroxylation is 1. The first kappa shape index (κ1) is 16.6. The summed E-state index contributed by atoms with van der Waals surface area (Å²) < 4.78 is 1.03. The third-order valence-corrected chi connectivity index (χ3v) is 5.14. The quantitative estimate of drug-likeness (QED) is 0.545. The third-order valence-electron chi connectivity index (χ3n) is 3.86. The second-order valence-electron chi connectivity index (χ2n) is 5.65. The highest BCUT2D eigenvalue weighted by molar-refractivity contribution is 7.21. The van der Waals surface area contributed by atoms with E-state index in [0.29, 0.717) is 21.4 Å². The summed E-state index contributed by atoms with van der Waals surface area (Å²) in [6.07, 6.45) is 3.05. The Kier molecular flexibility index (Phi) is 4.36. The number of aromatic nitrogens is 3. The Morgan fingerprint density at radius 2 is 1.92 bits per heavy atom. The zero-order valence-electron chi connectivity index (χ0n) is 13.7. The van der Waals surface area contributed by atoms with Crippen LogP contribution < -0.4 is 5.32 Å². The molecule has 0 spiro atoms. The monoisotopic (exact) mass is 380 g/mol. The molecule has 0 aliphatic carbocycles. The second kappa shape index (κ2) is 6.82. The molecule has 2 heterocycles. The number of nitrogens with one attached hydrogen (secondary N) is 1. The number of carbonyl (C=O) groups is 1. The highest BCUT2D eigenvalue weighted by Crippen LogP contribution is 2.30. The first-order valence-electron chi connectivity index (χ1n) is 7.86. The molecule has 0 bridgehead atoms. The molecule has 26 heavy (non-hydrogen) atoms. The van der Waals surface area contributed by atoms with Crippen LogP contribution in [0, 0.1) is 6.92 Å². The summed E-state index contributed by atoms with van der Waals surface area (Å²) in [6.45, 7) is 1.90. The number of hydrogen-bond acceptors (Lipinski definition) is 5. The second-order valence-corrected chi connectivity index (χ2v) is 7.12. The Morgan fingerprint density at radius 3 is 2.77 bits per heavy atom. The van der Waals surface area contributed by atoms with Gasteiger partial charge in [0, 0.05) is 23.1 Å². The van der Waals surface area contributed by atoms with Gasteiger partial charge in [0.05, 0.1) is 10.2 Å². The van der Waals surface area contributed by atoms with Gasteiger partial charge in [-0.15, -0.1) is 11.3 Å². The molecule has 1 N–H and O–H groups in total. The Hall–Kier alpha value is -2.83. The van der Waals surface area contributed by atoms with Crippen molar-refractivity contribution in [2.45, 2.75) is 6.92 Å². The molecule has 0 atom stereocenters. The van der Waals surface area contributed by atoms with Gasteiger partial charge in [-0.3, -0.25) is 4.79 Å². The van der Waals surface area contributed by atoms with Crippen LogP contribution in [-0.4, -0.2) is 20.9 Å². The first-order valence-corrected chi connectivity index (χ1v) is 9.06. The molecular weight excluding hydrogens is 368 g/mol. The van der Waals surface area contributed by atoms with Crippen molar-refractivity contribution < 1.29 is 4.79 Å². The van der Waals surface area contributed by atoms with Crippen molar-refractivity contribution in [2.75, 3.05) is 5.32 Å². The summed E-state index contributed by atoms with van der Waals surface area (Å²) in [4.78, 5) is 26.0. The number of thiazole rings is 1.